The number of amides is 1. The van der Waals surface area contributed by atoms with Crippen LogP contribution in [0.4, 0.5) is 5.69 Å². The highest BCUT2D eigenvalue weighted by molar-refractivity contribution is 9.10. The first-order valence-electron chi connectivity index (χ1n) is 7.64. The predicted molar refractivity (Wildman–Crippen MR) is 93.7 cm³/mol. The Kier molecular flexibility index (Phi) is 3.86. The SMILES string of the molecule is O=C(Nc1cncc(Br)c1)c1c[nH]c2c1-c1ncncc1CCC2. The zero-order chi connectivity index (χ0) is 16.5. The van der Waals surface area contributed by atoms with Crippen molar-refractivity contribution in [1.82, 2.24) is 19.9 Å². The minimum atomic E-state index is -0.182. The van der Waals surface area contributed by atoms with E-state index >= 15 is 0 Å². The lowest BCUT2D eigenvalue weighted by Gasteiger charge is -2.08. The lowest BCUT2D eigenvalue weighted by molar-refractivity contribution is 0.102. The number of nitrogens with zero attached hydrogens (tertiary/aromatic N) is 3. The Balaban J connectivity index is 1.74. The summed E-state index contributed by atoms with van der Waals surface area (Å²) in [5.41, 5.74) is 5.08. The smallest absolute Gasteiger partial charge is 0.257 e. The van der Waals surface area contributed by atoms with Gasteiger partial charge in [-0.25, -0.2) is 9.97 Å². The molecule has 1 aliphatic carbocycles. The van der Waals surface area contributed by atoms with Crippen molar-refractivity contribution >= 4 is 27.5 Å². The number of carbonyl (C=O) groups excluding carboxylic acids is 1. The van der Waals surface area contributed by atoms with Gasteiger partial charge >= 0.3 is 0 Å². The number of hydrogen-bond donors (Lipinski definition) is 2. The third kappa shape index (κ3) is 2.71. The van der Waals surface area contributed by atoms with Crippen molar-refractivity contribution in [2.45, 2.75) is 19.3 Å². The van der Waals surface area contributed by atoms with Crippen molar-refractivity contribution in [1.29, 1.82) is 0 Å². The van der Waals surface area contributed by atoms with Crippen LogP contribution in [0, 0.1) is 0 Å². The van der Waals surface area contributed by atoms with Crippen LogP contribution >= 0.6 is 15.9 Å². The van der Waals surface area contributed by atoms with Crippen LogP contribution in [0.25, 0.3) is 11.3 Å². The fraction of sp³-hybridized carbons (Fsp3) is 0.176. The second kappa shape index (κ2) is 6.16. The third-order valence-corrected chi connectivity index (χ3v) is 4.50. The van der Waals surface area contributed by atoms with E-state index in [0.29, 0.717) is 11.3 Å². The van der Waals surface area contributed by atoms with Crippen LogP contribution in [-0.4, -0.2) is 25.8 Å². The highest BCUT2D eigenvalue weighted by atomic mass is 79.9. The molecule has 0 radical (unpaired) electrons. The number of aromatic amines is 1. The van der Waals surface area contributed by atoms with Crippen LogP contribution in [0.5, 0.6) is 0 Å². The summed E-state index contributed by atoms with van der Waals surface area (Å²) in [7, 11) is 0. The van der Waals surface area contributed by atoms with Gasteiger partial charge in [-0.05, 0) is 46.8 Å². The fourth-order valence-electron chi connectivity index (χ4n) is 3.01. The zero-order valence-electron chi connectivity index (χ0n) is 12.7. The van der Waals surface area contributed by atoms with Gasteiger partial charge in [0.05, 0.1) is 23.1 Å². The van der Waals surface area contributed by atoms with Crippen LogP contribution in [0.1, 0.15) is 28.0 Å². The molecular weight excluding hydrogens is 370 g/mol. The highest BCUT2D eigenvalue weighted by Crippen LogP contribution is 2.33. The van der Waals surface area contributed by atoms with Crippen molar-refractivity contribution in [3.8, 4) is 11.3 Å². The summed E-state index contributed by atoms with van der Waals surface area (Å²) < 4.78 is 0.811. The molecule has 0 aliphatic heterocycles. The molecule has 0 spiro atoms. The van der Waals surface area contributed by atoms with Crippen molar-refractivity contribution in [2.75, 3.05) is 5.32 Å². The number of aryl methyl sites for hydroxylation is 2. The van der Waals surface area contributed by atoms with Crippen molar-refractivity contribution in [3.63, 3.8) is 0 Å². The van der Waals surface area contributed by atoms with E-state index in [-0.39, 0.29) is 5.91 Å². The Bertz CT molecular complexity index is 921. The number of H-pyrrole nitrogens is 1. The van der Waals surface area contributed by atoms with Crippen LogP contribution in [0.15, 0.2) is 41.7 Å². The first-order chi connectivity index (χ1) is 11.7. The van der Waals surface area contributed by atoms with Crippen molar-refractivity contribution < 1.29 is 4.79 Å². The van der Waals surface area contributed by atoms with Gasteiger partial charge in [0.25, 0.3) is 5.91 Å². The maximum absolute atomic E-state index is 12.8. The largest absolute Gasteiger partial charge is 0.364 e. The normalized spacial score (nSPS) is 12.9. The van der Waals surface area contributed by atoms with Crippen LogP contribution in [0.2, 0.25) is 0 Å². The van der Waals surface area contributed by atoms with Crippen LogP contribution in [0.3, 0.4) is 0 Å². The average Bonchev–Trinajstić information content (AvgIpc) is 2.91. The molecule has 0 unspecified atom stereocenters. The summed E-state index contributed by atoms with van der Waals surface area (Å²) in [6, 6.07) is 1.81. The third-order valence-electron chi connectivity index (χ3n) is 4.07. The Morgan fingerprint density at radius 1 is 1.21 bits per heavy atom. The lowest BCUT2D eigenvalue weighted by Crippen LogP contribution is -2.13. The monoisotopic (exact) mass is 383 g/mol. The maximum atomic E-state index is 12.8. The minimum Gasteiger partial charge on any atom is -0.364 e. The number of fused-ring (bicyclic) bond motifs is 3. The first-order valence-corrected chi connectivity index (χ1v) is 8.43. The number of aromatic nitrogens is 4. The molecule has 0 fully saturated rings. The first kappa shape index (κ1) is 15.0. The highest BCUT2D eigenvalue weighted by Gasteiger charge is 2.24. The van der Waals surface area contributed by atoms with Gasteiger partial charge in [-0.2, -0.15) is 0 Å². The summed E-state index contributed by atoms with van der Waals surface area (Å²) in [4.78, 5) is 28.6. The molecule has 7 heteroatoms. The van der Waals surface area contributed by atoms with Crippen LogP contribution in [-0.2, 0) is 12.8 Å². The van der Waals surface area contributed by atoms with E-state index in [2.05, 4.69) is 41.2 Å². The maximum Gasteiger partial charge on any atom is 0.257 e. The molecule has 0 bridgehead atoms. The molecule has 2 N–H and O–H groups in total. The number of halogens is 1. The topological polar surface area (TPSA) is 83.6 Å². The summed E-state index contributed by atoms with van der Waals surface area (Å²) in [6.45, 7) is 0. The second-order valence-electron chi connectivity index (χ2n) is 5.65. The van der Waals surface area contributed by atoms with Crippen molar-refractivity contribution in [2.24, 2.45) is 0 Å². The quantitative estimate of drug-likeness (QED) is 0.710. The molecule has 1 amide bonds. The number of rotatable bonds is 2. The molecule has 0 saturated heterocycles. The van der Waals surface area contributed by atoms with E-state index in [1.165, 1.54) is 6.33 Å². The Labute approximate surface area is 146 Å². The molecule has 1 aliphatic rings. The van der Waals surface area contributed by atoms with E-state index in [4.69, 9.17) is 0 Å². The molecule has 6 nitrogen and oxygen atoms in total. The molecule has 0 aromatic carbocycles. The molecule has 120 valence electrons. The lowest BCUT2D eigenvalue weighted by atomic mass is 10.0. The molecule has 3 aromatic heterocycles. The number of nitrogens with one attached hydrogen (secondary N) is 2. The summed E-state index contributed by atoms with van der Waals surface area (Å²) in [6.07, 6.45) is 11.2. The molecular formula is C17H14BrN5O. The van der Waals surface area contributed by atoms with Gasteiger partial charge in [-0.1, -0.05) is 0 Å². The zero-order valence-corrected chi connectivity index (χ0v) is 14.3. The predicted octanol–water partition coefficient (Wildman–Crippen LogP) is 3.37. The average molecular weight is 384 g/mol. The number of hydrogen-bond acceptors (Lipinski definition) is 4. The molecule has 3 heterocycles. The van der Waals surface area contributed by atoms with Gasteiger partial charge in [-0.15, -0.1) is 0 Å². The Hall–Kier alpha value is -2.54. The van der Waals surface area contributed by atoms with Gasteiger partial charge < -0.3 is 10.3 Å². The van der Waals surface area contributed by atoms with E-state index < -0.39 is 0 Å². The van der Waals surface area contributed by atoms with Gasteiger partial charge in [-0.3, -0.25) is 9.78 Å². The van der Waals surface area contributed by atoms with Crippen molar-refractivity contribution in [3.05, 3.63) is 58.5 Å². The fourth-order valence-corrected chi connectivity index (χ4v) is 3.38. The second-order valence-corrected chi connectivity index (χ2v) is 6.57. The summed E-state index contributed by atoms with van der Waals surface area (Å²) in [5.74, 6) is -0.182. The summed E-state index contributed by atoms with van der Waals surface area (Å²) in [5, 5.41) is 2.89. The molecule has 0 saturated carbocycles. The van der Waals surface area contributed by atoms with E-state index in [9.17, 15) is 4.79 Å². The molecule has 0 atom stereocenters. The molecule has 3 aromatic rings. The van der Waals surface area contributed by atoms with E-state index in [1.54, 1.807) is 18.6 Å². The van der Waals surface area contributed by atoms with Crippen LogP contribution < -0.4 is 5.32 Å². The number of anilines is 1. The Morgan fingerprint density at radius 2 is 2.12 bits per heavy atom. The van der Waals surface area contributed by atoms with E-state index in [1.807, 2.05) is 12.3 Å². The van der Waals surface area contributed by atoms with Gasteiger partial charge in [0, 0.05) is 34.3 Å². The number of pyridine rings is 1. The van der Waals surface area contributed by atoms with E-state index in [0.717, 1.165) is 46.2 Å². The standard InChI is InChI=1S/C17H14BrN5O/c18-11-4-12(7-19-6-11)23-17(24)13-8-21-14-3-1-2-10-5-20-9-22-16(10)15(13)14/h4-9,21H,1-3H2,(H,23,24). The van der Waals surface area contributed by atoms with Gasteiger partial charge in [0.2, 0.25) is 0 Å². The molecule has 24 heavy (non-hydrogen) atoms. The van der Waals surface area contributed by atoms with Gasteiger partial charge in [0.1, 0.15) is 6.33 Å². The number of carbonyl (C=O) groups is 1. The molecule has 4 rings (SSSR count). The van der Waals surface area contributed by atoms with Gasteiger partial charge in [0.15, 0.2) is 0 Å². The minimum absolute atomic E-state index is 0.182. The summed E-state index contributed by atoms with van der Waals surface area (Å²) >= 11 is 3.36. The Morgan fingerprint density at radius 3 is 3.00 bits per heavy atom.